The highest BCUT2D eigenvalue weighted by Gasteiger charge is 2.21. The molecule has 1 aromatic rings. The third-order valence-corrected chi connectivity index (χ3v) is 3.36. The zero-order valence-electron chi connectivity index (χ0n) is 10.9. The van der Waals surface area contributed by atoms with Gasteiger partial charge in [0, 0.05) is 24.8 Å². The van der Waals surface area contributed by atoms with Crippen molar-refractivity contribution in [3.63, 3.8) is 0 Å². The number of likely N-dealkylation sites (N-methyl/N-ethyl adjacent to an activating group) is 1. The Kier molecular flexibility index (Phi) is 4.37. The standard InChI is InChI=1S/C14H23N3/c1-3-5-12-6-7-14(10-16-12)17-9-8-13(11-17)15-4-2/h6-7,10,13,15H,3-5,8-9,11H2,1-2H3/t13-/m1/s1. The van der Waals surface area contributed by atoms with Gasteiger partial charge in [-0.3, -0.25) is 4.98 Å². The lowest BCUT2D eigenvalue weighted by molar-refractivity contribution is 0.572. The van der Waals surface area contributed by atoms with Crippen molar-refractivity contribution in [1.29, 1.82) is 0 Å². The van der Waals surface area contributed by atoms with E-state index < -0.39 is 0 Å². The van der Waals surface area contributed by atoms with Crippen LogP contribution in [0.4, 0.5) is 5.69 Å². The third-order valence-electron chi connectivity index (χ3n) is 3.36. The predicted octanol–water partition coefficient (Wildman–Crippen LogP) is 2.22. The van der Waals surface area contributed by atoms with Gasteiger partial charge in [0.25, 0.3) is 0 Å². The molecule has 0 spiro atoms. The Labute approximate surface area is 104 Å². The topological polar surface area (TPSA) is 28.2 Å². The summed E-state index contributed by atoms with van der Waals surface area (Å²) in [6, 6.07) is 5.03. The van der Waals surface area contributed by atoms with Crippen LogP contribution in [0.3, 0.4) is 0 Å². The molecule has 1 aromatic heterocycles. The van der Waals surface area contributed by atoms with Crippen molar-refractivity contribution in [2.24, 2.45) is 0 Å². The summed E-state index contributed by atoms with van der Waals surface area (Å²) in [6.45, 7) is 7.68. The molecule has 0 saturated carbocycles. The molecule has 0 aromatic carbocycles. The normalized spacial score (nSPS) is 19.9. The van der Waals surface area contributed by atoms with Gasteiger partial charge in [0.1, 0.15) is 0 Å². The van der Waals surface area contributed by atoms with Crippen molar-refractivity contribution in [1.82, 2.24) is 10.3 Å². The van der Waals surface area contributed by atoms with Crippen LogP contribution >= 0.6 is 0 Å². The highest BCUT2D eigenvalue weighted by molar-refractivity contribution is 5.46. The van der Waals surface area contributed by atoms with Crippen LogP contribution in [0.5, 0.6) is 0 Å². The Hall–Kier alpha value is -1.09. The minimum Gasteiger partial charge on any atom is -0.369 e. The van der Waals surface area contributed by atoms with E-state index in [0.717, 1.165) is 26.1 Å². The molecule has 1 fully saturated rings. The van der Waals surface area contributed by atoms with Gasteiger partial charge < -0.3 is 10.2 Å². The monoisotopic (exact) mass is 233 g/mol. The van der Waals surface area contributed by atoms with Gasteiger partial charge in [0.2, 0.25) is 0 Å². The first-order chi connectivity index (χ1) is 8.33. The van der Waals surface area contributed by atoms with Crippen molar-refractivity contribution < 1.29 is 0 Å². The van der Waals surface area contributed by atoms with Crippen LogP contribution in [0.25, 0.3) is 0 Å². The first-order valence-corrected chi connectivity index (χ1v) is 6.76. The molecule has 1 aliphatic heterocycles. The first kappa shape index (κ1) is 12.4. The Morgan fingerprint density at radius 3 is 2.94 bits per heavy atom. The second-order valence-corrected chi connectivity index (χ2v) is 4.75. The van der Waals surface area contributed by atoms with E-state index in [1.165, 1.54) is 24.2 Å². The second-order valence-electron chi connectivity index (χ2n) is 4.75. The summed E-state index contributed by atoms with van der Waals surface area (Å²) < 4.78 is 0. The third kappa shape index (κ3) is 3.19. The number of aryl methyl sites for hydroxylation is 1. The molecule has 0 bridgehead atoms. The molecule has 0 aliphatic carbocycles. The summed E-state index contributed by atoms with van der Waals surface area (Å²) >= 11 is 0. The highest BCUT2D eigenvalue weighted by atomic mass is 15.2. The second kappa shape index (κ2) is 6.01. The van der Waals surface area contributed by atoms with Crippen LogP contribution < -0.4 is 10.2 Å². The Morgan fingerprint density at radius 1 is 1.41 bits per heavy atom. The van der Waals surface area contributed by atoms with E-state index >= 15 is 0 Å². The van der Waals surface area contributed by atoms with Crippen molar-refractivity contribution in [3.8, 4) is 0 Å². The average Bonchev–Trinajstić information content (AvgIpc) is 2.80. The molecule has 2 heterocycles. The Bertz CT molecular complexity index is 334. The number of hydrogen-bond donors (Lipinski definition) is 1. The van der Waals surface area contributed by atoms with Gasteiger partial charge >= 0.3 is 0 Å². The van der Waals surface area contributed by atoms with E-state index in [1.54, 1.807) is 0 Å². The fourth-order valence-electron chi connectivity index (χ4n) is 2.46. The minimum atomic E-state index is 0.648. The molecule has 0 radical (unpaired) electrons. The van der Waals surface area contributed by atoms with Crippen molar-refractivity contribution in [2.75, 3.05) is 24.5 Å². The SMILES string of the molecule is CCCc1ccc(N2CC[C@@H](NCC)C2)cn1. The summed E-state index contributed by atoms with van der Waals surface area (Å²) in [4.78, 5) is 6.95. The number of pyridine rings is 1. The zero-order valence-corrected chi connectivity index (χ0v) is 10.9. The van der Waals surface area contributed by atoms with Gasteiger partial charge in [0.15, 0.2) is 0 Å². The van der Waals surface area contributed by atoms with Gasteiger partial charge in [0.05, 0.1) is 11.9 Å². The number of anilines is 1. The van der Waals surface area contributed by atoms with Crippen LogP contribution in [0.15, 0.2) is 18.3 Å². The molecule has 1 aliphatic rings. The van der Waals surface area contributed by atoms with E-state index in [0.29, 0.717) is 6.04 Å². The predicted molar refractivity (Wildman–Crippen MR) is 72.5 cm³/mol. The van der Waals surface area contributed by atoms with E-state index in [-0.39, 0.29) is 0 Å². The van der Waals surface area contributed by atoms with Crippen molar-refractivity contribution in [3.05, 3.63) is 24.0 Å². The molecule has 0 unspecified atom stereocenters. The minimum absolute atomic E-state index is 0.648. The fraction of sp³-hybridized carbons (Fsp3) is 0.643. The molecule has 0 amide bonds. The van der Waals surface area contributed by atoms with Crippen LogP contribution in [-0.2, 0) is 6.42 Å². The summed E-state index contributed by atoms with van der Waals surface area (Å²) in [6.07, 6.45) is 5.52. The largest absolute Gasteiger partial charge is 0.369 e. The lowest BCUT2D eigenvalue weighted by atomic mass is 10.2. The first-order valence-electron chi connectivity index (χ1n) is 6.76. The van der Waals surface area contributed by atoms with Gasteiger partial charge in [-0.2, -0.15) is 0 Å². The Morgan fingerprint density at radius 2 is 2.29 bits per heavy atom. The molecule has 3 nitrogen and oxygen atoms in total. The summed E-state index contributed by atoms with van der Waals surface area (Å²) in [7, 11) is 0. The molecule has 1 atom stereocenters. The van der Waals surface area contributed by atoms with Crippen molar-refractivity contribution >= 4 is 5.69 Å². The van der Waals surface area contributed by atoms with Crippen LogP contribution in [0.1, 0.15) is 32.4 Å². The molecule has 3 heteroatoms. The molecule has 94 valence electrons. The lowest BCUT2D eigenvalue weighted by Gasteiger charge is -2.18. The Balaban J connectivity index is 1.94. The number of aromatic nitrogens is 1. The molecule has 1 N–H and O–H groups in total. The molecule has 1 saturated heterocycles. The maximum Gasteiger partial charge on any atom is 0.0553 e. The number of nitrogens with one attached hydrogen (secondary N) is 1. The van der Waals surface area contributed by atoms with Gasteiger partial charge in [-0.05, 0) is 31.5 Å². The summed E-state index contributed by atoms with van der Waals surface area (Å²) in [5.74, 6) is 0. The quantitative estimate of drug-likeness (QED) is 0.845. The van der Waals surface area contributed by atoms with Crippen LogP contribution in [-0.4, -0.2) is 30.7 Å². The molecular formula is C14H23N3. The van der Waals surface area contributed by atoms with Crippen molar-refractivity contribution in [2.45, 2.75) is 39.2 Å². The lowest BCUT2D eigenvalue weighted by Crippen LogP contribution is -2.32. The molecule has 2 rings (SSSR count). The smallest absolute Gasteiger partial charge is 0.0553 e. The maximum atomic E-state index is 4.52. The van der Waals surface area contributed by atoms with Crippen LogP contribution in [0, 0.1) is 0 Å². The van der Waals surface area contributed by atoms with E-state index in [2.05, 4.69) is 41.2 Å². The van der Waals surface area contributed by atoms with E-state index in [1.807, 2.05) is 6.20 Å². The zero-order chi connectivity index (χ0) is 12.1. The number of hydrogen-bond acceptors (Lipinski definition) is 3. The maximum absolute atomic E-state index is 4.52. The number of rotatable bonds is 5. The van der Waals surface area contributed by atoms with E-state index in [9.17, 15) is 0 Å². The summed E-state index contributed by atoms with van der Waals surface area (Å²) in [5, 5.41) is 3.51. The van der Waals surface area contributed by atoms with E-state index in [4.69, 9.17) is 0 Å². The van der Waals surface area contributed by atoms with Gasteiger partial charge in [-0.25, -0.2) is 0 Å². The average molecular weight is 233 g/mol. The highest BCUT2D eigenvalue weighted by Crippen LogP contribution is 2.19. The molecule has 17 heavy (non-hydrogen) atoms. The van der Waals surface area contributed by atoms with Crippen LogP contribution in [0.2, 0.25) is 0 Å². The molecular weight excluding hydrogens is 210 g/mol. The van der Waals surface area contributed by atoms with Gasteiger partial charge in [-0.1, -0.05) is 20.3 Å². The van der Waals surface area contributed by atoms with Gasteiger partial charge in [-0.15, -0.1) is 0 Å². The summed E-state index contributed by atoms with van der Waals surface area (Å²) in [5.41, 5.74) is 2.48. The number of nitrogens with zero attached hydrogens (tertiary/aromatic N) is 2. The fourth-order valence-corrected chi connectivity index (χ4v) is 2.46.